The highest BCUT2D eigenvalue weighted by Gasteiger charge is 2.34. The number of nitrogens with two attached hydrogens (primary N) is 1. The zero-order valence-corrected chi connectivity index (χ0v) is 8.81. The molecule has 1 aromatic rings. The van der Waals surface area contributed by atoms with Gasteiger partial charge in [0.25, 0.3) is 0 Å². The number of hydrogen-bond acceptors (Lipinski definition) is 1. The summed E-state index contributed by atoms with van der Waals surface area (Å²) in [6.45, 7) is 1.90. The second-order valence-corrected chi connectivity index (χ2v) is 3.63. The molecule has 0 aliphatic rings. The fourth-order valence-electron chi connectivity index (χ4n) is 1.47. The lowest BCUT2D eigenvalue weighted by Crippen LogP contribution is -2.13. The second-order valence-electron chi connectivity index (χ2n) is 3.63. The number of halogens is 4. The number of benzene rings is 1. The second kappa shape index (κ2) is 4.82. The Balaban J connectivity index is 3.00. The van der Waals surface area contributed by atoms with Gasteiger partial charge < -0.3 is 5.73 Å². The number of rotatable bonds is 3. The third-order valence-corrected chi connectivity index (χ3v) is 2.33. The molecule has 0 radical (unpaired) electrons. The summed E-state index contributed by atoms with van der Waals surface area (Å²) in [6, 6.07) is 2.41. The molecule has 0 aliphatic heterocycles. The molecule has 0 saturated carbocycles. The van der Waals surface area contributed by atoms with E-state index in [4.69, 9.17) is 5.73 Å². The van der Waals surface area contributed by atoms with Crippen molar-refractivity contribution in [2.75, 3.05) is 0 Å². The van der Waals surface area contributed by atoms with Crippen molar-refractivity contribution in [3.63, 3.8) is 0 Å². The van der Waals surface area contributed by atoms with Gasteiger partial charge in [-0.25, -0.2) is 4.39 Å². The normalized spacial score (nSPS) is 13.9. The molecule has 0 spiro atoms. The Labute approximate surface area is 91.3 Å². The van der Waals surface area contributed by atoms with Gasteiger partial charge in [-0.1, -0.05) is 19.4 Å². The lowest BCUT2D eigenvalue weighted by Gasteiger charge is -2.13. The average molecular weight is 235 g/mol. The summed E-state index contributed by atoms with van der Waals surface area (Å²) in [5.74, 6) is -1.27. The van der Waals surface area contributed by atoms with Crippen molar-refractivity contribution in [3.8, 4) is 0 Å². The Morgan fingerprint density at radius 3 is 2.38 bits per heavy atom. The predicted molar refractivity (Wildman–Crippen MR) is 53.2 cm³/mol. The van der Waals surface area contributed by atoms with Gasteiger partial charge in [0, 0.05) is 6.04 Å². The first-order valence-corrected chi connectivity index (χ1v) is 4.98. The van der Waals surface area contributed by atoms with Gasteiger partial charge in [0.15, 0.2) is 0 Å². The van der Waals surface area contributed by atoms with Gasteiger partial charge >= 0.3 is 6.18 Å². The fraction of sp³-hybridized carbons (Fsp3) is 0.455. The molecule has 1 nitrogen and oxygen atoms in total. The zero-order valence-electron chi connectivity index (χ0n) is 8.81. The molecule has 5 heteroatoms. The monoisotopic (exact) mass is 235 g/mol. The molecule has 0 aromatic heterocycles. The van der Waals surface area contributed by atoms with Crippen LogP contribution in [0.4, 0.5) is 17.6 Å². The highest BCUT2D eigenvalue weighted by Crippen LogP contribution is 2.32. The summed E-state index contributed by atoms with van der Waals surface area (Å²) >= 11 is 0. The van der Waals surface area contributed by atoms with E-state index in [0.717, 1.165) is 18.6 Å². The van der Waals surface area contributed by atoms with E-state index in [1.807, 2.05) is 6.92 Å². The Bertz CT molecular complexity index is 359. The van der Waals surface area contributed by atoms with Crippen LogP contribution in [0, 0.1) is 5.82 Å². The van der Waals surface area contributed by atoms with Crippen LogP contribution in [0.15, 0.2) is 18.2 Å². The first-order valence-electron chi connectivity index (χ1n) is 4.98. The van der Waals surface area contributed by atoms with E-state index in [1.54, 1.807) is 0 Å². The van der Waals surface area contributed by atoms with Crippen LogP contribution in [0.5, 0.6) is 0 Å². The van der Waals surface area contributed by atoms with E-state index < -0.39 is 23.6 Å². The summed E-state index contributed by atoms with van der Waals surface area (Å²) in [4.78, 5) is 0. The summed E-state index contributed by atoms with van der Waals surface area (Å²) in [5.41, 5.74) is 4.83. The van der Waals surface area contributed by atoms with Crippen molar-refractivity contribution in [3.05, 3.63) is 35.1 Å². The van der Waals surface area contributed by atoms with E-state index in [1.165, 1.54) is 6.07 Å². The molecule has 0 fully saturated rings. The van der Waals surface area contributed by atoms with E-state index in [2.05, 4.69) is 0 Å². The minimum Gasteiger partial charge on any atom is -0.324 e. The molecular formula is C11H13F4N. The molecule has 90 valence electrons. The Hall–Kier alpha value is -1.10. The first kappa shape index (κ1) is 13.0. The highest BCUT2D eigenvalue weighted by atomic mass is 19.4. The van der Waals surface area contributed by atoms with E-state index >= 15 is 0 Å². The summed E-state index contributed by atoms with van der Waals surface area (Å²) < 4.78 is 49.9. The van der Waals surface area contributed by atoms with Crippen molar-refractivity contribution in [1.82, 2.24) is 0 Å². The first-order chi connectivity index (χ1) is 7.36. The quantitative estimate of drug-likeness (QED) is 0.795. The van der Waals surface area contributed by atoms with Gasteiger partial charge in [0.2, 0.25) is 0 Å². The van der Waals surface area contributed by atoms with Gasteiger partial charge in [-0.3, -0.25) is 0 Å². The zero-order chi connectivity index (χ0) is 12.3. The molecule has 1 aromatic carbocycles. The van der Waals surface area contributed by atoms with Crippen LogP contribution in [0.25, 0.3) is 0 Å². The molecule has 0 unspecified atom stereocenters. The Morgan fingerprint density at radius 1 is 1.31 bits per heavy atom. The molecular weight excluding hydrogens is 222 g/mol. The largest absolute Gasteiger partial charge is 0.419 e. The summed E-state index contributed by atoms with van der Waals surface area (Å²) in [7, 11) is 0. The third-order valence-electron chi connectivity index (χ3n) is 2.33. The van der Waals surface area contributed by atoms with Crippen LogP contribution in [-0.4, -0.2) is 0 Å². The Morgan fingerprint density at radius 2 is 1.94 bits per heavy atom. The maximum Gasteiger partial charge on any atom is 0.419 e. The number of alkyl halides is 3. The summed E-state index contributed by atoms with van der Waals surface area (Å²) in [6.07, 6.45) is -3.24. The van der Waals surface area contributed by atoms with Gasteiger partial charge in [-0.05, 0) is 24.1 Å². The molecule has 0 amide bonds. The minimum atomic E-state index is -4.66. The summed E-state index contributed by atoms with van der Waals surface area (Å²) in [5, 5.41) is 0. The fourth-order valence-corrected chi connectivity index (χ4v) is 1.47. The molecule has 16 heavy (non-hydrogen) atoms. The van der Waals surface area contributed by atoms with E-state index in [-0.39, 0.29) is 0 Å². The van der Waals surface area contributed by atoms with Crippen LogP contribution in [0.3, 0.4) is 0 Å². The third kappa shape index (κ3) is 2.95. The lowest BCUT2D eigenvalue weighted by atomic mass is 10.0. The topological polar surface area (TPSA) is 26.0 Å². The molecule has 0 bridgehead atoms. The van der Waals surface area contributed by atoms with Gasteiger partial charge in [-0.15, -0.1) is 0 Å². The van der Waals surface area contributed by atoms with Crippen molar-refractivity contribution in [1.29, 1.82) is 0 Å². The van der Waals surface area contributed by atoms with E-state index in [9.17, 15) is 17.6 Å². The highest BCUT2D eigenvalue weighted by molar-refractivity contribution is 5.28. The standard InChI is InChI=1S/C11H13F4N/c1-2-3-10(16)7-4-5-8(9(12)6-7)11(13,14)15/h4-6,10H,2-3,16H2,1H3/t10-/m0/s1. The van der Waals surface area contributed by atoms with Crippen LogP contribution in [0.2, 0.25) is 0 Å². The smallest absolute Gasteiger partial charge is 0.324 e. The van der Waals surface area contributed by atoms with Crippen molar-refractivity contribution < 1.29 is 17.6 Å². The van der Waals surface area contributed by atoms with Crippen LogP contribution in [-0.2, 0) is 6.18 Å². The van der Waals surface area contributed by atoms with Crippen LogP contribution in [0.1, 0.15) is 36.9 Å². The van der Waals surface area contributed by atoms with Crippen molar-refractivity contribution in [2.45, 2.75) is 32.0 Å². The maximum absolute atomic E-state index is 13.2. The molecule has 0 heterocycles. The van der Waals surface area contributed by atoms with Gasteiger partial charge in [0.05, 0.1) is 5.56 Å². The van der Waals surface area contributed by atoms with Crippen LogP contribution < -0.4 is 5.73 Å². The van der Waals surface area contributed by atoms with Crippen molar-refractivity contribution in [2.24, 2.45) is 5.73 Å². The van der Waals surface area contributed by atoms with E-state index in [0.29, 0.717) is 12.0 Å². The predicted octanol–water partition coefficient (Wildman–Crippen LogP) is 3.64. The minimum absolute atomic E-state index is 0.396. The molecule has 0 aliphatic carbocycles. The van der Waals surface area contributed by atoms with Crippen molar-refractivity contribution >= 4 is 0 Å². The maximum atomic E-state index is 13.2. The Kier molecular flexibility index (Phi) is 3.91. The average Bonchev–Trinajstić information content (AvgIpc) is 2.16. The molecule has 1 atom stereocenters. The molecule has 1 rings (SSSR count). The number of hydrogen-bond donors (Lipinski definition) is 1. The SMILES string of the molecule is CCC[C@H](N)c1ccc(C(F)(F)F)c(F)c1. The lowest BCUT2D eigenvalue weighted by molar-refractivity contribution is -0.140. The molecule has 0 saturated heterocycles. The van der Waals surface area contributed by atoms with Crippen LogP contribution >= 0.6 is 0 Å². The van der Waals surface area contributed by atoms with Gasteiger partial charge in [0.1, 0.15) is 5.82 Å². The molecule has 2 N–H and O–H groups in total. The van der Waals surface area contributed by atoms with Gasteiger partial charge in [-0.2, -0.15) is 13.2 Å².